The van der Waals surface area contributed by atoms with E-state index in [-0.39, 0.29) is 11.9 Å². The van der Waals surface area contributed by atoms with Crippen molar-refractivity contribution in [1.29, 1.82) is 0 Å². The Kier molecular flexibility index (Phi) is 6.01. The number of β-lactam (4-membered cyclic amide) rings is 1. The van der Waals surface area contributed by atoms with Crippen molar-refractivity contribution >= 4 is 17.7 Å². The van der Waals surface area contributed by atoms with E-state index in [1.807, 2.05) is 95.9 Å². The van der Waals surface area contributed by atoms with Crippen molar-refractivity contribution in [3.63, 3.8) is 0 Å². The number of hydrogen-bond donors (Lipinski definition) is 0. The Bertz CT molecular complexity index is 1270. The second kappa shape index (κ2) is 9.40. The number of methoxy groups -OCH3 is 1. The Labute approximate surface area is 200 Å². The highest BCUT2D eigenvalue weighted by Crippen LogP contribution is 2.56. The molecule has 0 aromatic heterocycles. The van der Waals surface area contributed by atoms with Gasteiger partial charge in [0.25, 0.3) is 0 Å². The van der Waals surface area contributed by atoms with Gasteiger partial charge in [-0.1, -0.05) is 103 Å². The van der Waals surface area contributed by atoms with Gasteiger partial charge >= 0.3 is 0 Å². The number of rotatable bonds is 7. The van der Waals surface area contributed by atoms with Crippen molar-refractivity contribution in [2.45, 2.75) is 17.9 Å². The predicted molar refractivity (Wildman–Crippen MR) is 138 cm³/mol. The van der Waals surface area contributed by atoms with Crippen LogP contribution in [0, 0.1) is 0 Å². The largest absolute Gasteiger partial charge is 0.497 e. The highest BCUT2D eigenvalue weighted by molar-refractivity contribution is 6.10. The van der Waals surface area contributed by atoms with Crippen LogP contribution >= 0.6 is 0 Å². The molecule has 0 aliphatic carbocycles. The van der Waals surface area contributed by atoms with Crippen LogP contribution in [0.3, 0.4) is 0 Å². The number of ether oxygens (including phenoxy) is 1. The Morgan fingerprint density at radius 1 is 0.794 bits per heavy atom. The molecule has 3 nitrogen and oxygen atoms in total. The van der Waals surface area contributed by atoms with Crippen molar-refractivity contribution in [3.05, 3.63) is 138 Å². The van der Waals surface area contributed by atoms with E-state index in [0.29, 0.717) is 6.42 Å². The molecule has 4 aromatic rings. The van der Waals surface area contributed by atoms with Gasteiger partial charge in [0, 0.05) is 5.69 Å². The van der Waals surface area contributed by atoms with Crippen LogP contribution in [0.1, 0.15) is 29.2 Å². The highest BCUT2D eigenvalue weighted by atomic mass is 16.5. The summed E-state index contributed by atoms with van der Waals surface area (Å²) in [6.07, 6.45) is 4.83. The molecule has 0 saturated carbocycles. The van der Waals surface area contributed by atoms with Gasteiger partial charge in [0.15, 0.2) is 0 Å². The van der Waals surface area contributed by atoms with Gasteiger partial charge in [-0.15, -0.1) is 0 Å². The fourth-order valence-corrected chi connectivity index (χ4v) is 4.96. The normalized spacial score (nSPS) is 19.7. The summed E-state index contributed by atoms with van der Waals surface area (Å²) < 4.78 is 5.39. The van der Waals surface area contributed by atoms with Crippen LogP contribution in [-0.2, 0) is 10.2 Å². The smallest absolute Gasteiger partial charge is 0.241 e. The van der Waals surface area contributed by atoms with Crippen LogP contribution in [0.25, 0.3) is 6.08 Å². The zero-order chi connectivity index (χ0) is 23.4. The summed E-state index contributed by atoms with van der Waals surface area (Å²) >= 11 is 0. The van der Waals surface area contributed by atoms with Gasteiger partial charge in [0.2, 0.25) is 5.91 Å². The van der Waals surface area contributed by atoms with Gasteiger partial charge in [-0.3, -0.25) is 4.79 Å². The molecule has 0 radical (unpaired) electrons. The van der Waals surface area contributed by atoms with Gasteiger partial charge in [0.1, 0.15) is 11.2 Å². The molecule has 4 aromatic carbocycles. The number of hydrogen-bond acceptors (Lipinski definition) is 2. The molecule has 0 bridgehead atoms. The first-order valence-electron chi connectivity index (χ1n) is 11.5. The molecule has 1 aliphatic heterocycles. The lowest BCUT2D eigenvalue weighted by Gasteiger charge is -2.56. The Morgan fingerprint density at radius 3 is 2.00 bits per heavy atom. The van der Waals surface area contributed by atoms with Crippen molar-refractivity contribution in [2.24, 2.45) is 0 Å². The van der Waals surface area contributed by atoms with Gasteiger partial charge in [-0.2, -0.15) is 0 Å². The summed E-state index contributed by atoms with van der Waals surface area (Å²) in [4.78, 5) is 16.1. The molecule has 2 atom stereocenters. The minimum absolute atomic E-state index is 0.107. The highest BCUT2D eigenvalue weighted by Gasteiger charge is 2.61. The topological polar surface area (TPSA) is 29.5 Å². The van der Waals surface area contributed by atoms with Gasteiger partial charge < -0.3 is 9.64 Å². The third-order valence-electron chi connectivity index (χ3n) is 6.63. The molecule has 0 spiro atoms. The number of para-hydroxylation sites is 1. The number of nitrogens with zero attached hydrogens (tertiary/aromatic N) is 1. The molecule has 1 aliphatic rings. The van der Waals surface area contributed by atoms with Crippen molar-refractivity contribution in [3.8, 4) is 5.75 Å². The van der Waals surface area contributed by atoms with E-state index < -0.39 is 5.41 Å². The minimum atomic E-state index is -0.714. The first-order valence-corrected chi connectivity index (χ1v) is 11.5. The summed E-state index contributed by atoms with van der Waals surface area (Å²) in [5, 5.41) is 0. The van der Waals surface area contributed by atoms with Gasteiger partial charge in [0.05, 0.1) is 13.2 Å². The molecule has 0 unspecified atom stereocenters. The second-order valence-corrected chi connectivity index (χ2v) is 8.54. The lowest BCUT2D eigenvalue weighted by molar-refractivity contribution is -0.133. The average Bonchev–Trinajstić information content (AvgIpc) is 2.91. The Balaban J connectivity index is 1.63. The molecule has 1 saturated heterocycles. The van der Waals surface area contributed by atoms with E-state index in [1.165, 1.54) is 0 Å². The summed E-state index contributed by atoms with van der Waals surface area (Å²) in [5.74, 6) is 0.886. The summed E-state index contributed by atoms with van der Waals surface area (Å²) in [5.41, 5.74) is 3.44. The lowest BCUT2D eigenvalue weighted by atomic mass is 9.61. The first-order chi connectivity index (χ1) is 16.7. The molecule has 34 heavy (non-hydrogen) atoms. The quantitative estimate of drug-likeness (QED) is 0.292. The number of allylic oxidation sites excluding steroid dienone is 1. The number of carbonyl (C=O) groups excluding carboxylic acids is 1. The second-order valence-electron chi connectivity index (χ2n) is 8.54. The SMILES string of the molecule is COc1ccc([C@]2(C/C=C/c3ccccc3)C(=O)N(c3ccccc3)[C@@H]2c2ccccc2)cc1. The van der Waals surface area contributed by atoms with E-state index in [4.69, 9.17) is 4.74 Å². The Morgan fingerprint density at radius 2 is 1.38 bits per heavy atom. The van der Waals surface area contributed by atoms with Crippen LogP contribution in [0.4, 0.5) is 5.69 Å². The molecule has 0 N–H and O–H groups in total. The van der Waals surface area contributed by atoms with Crippen molar-refractivity contribution < 1.29 is 9.53 Å². The molecular formula is C31H27NO2. The number of carbonyl (C=O) groups is 1. The average molecular weight is 446 g/mol. The van der Waals surface area contributed by atoms with Crippen LogP contribution < -0.4 is 9.64 Å². The molecule has 3 heteroatoms. The number of benzene rings is 4. The zero-order valence-corrected chi connectivity index (χ0v) is 19.2. The van der Waals surface area contributed by atoms with E-state index in [2.05, 4.69) is 36.4 Å². The van der Waals surface area contributed by atoms with Crippen LogP contribution in [0.2, 0.25) is 0 Å². The van der Waals surface area contributed by atoms with Crippen molar-refractivity contribution in [2.75, 3.05) is 12.0 Å². The fourth-order valence-electron chi connectivity index (χ4n) is 4.96. The third-order valence-corrected chi connectivity index (χ3v) is 6.63. The van der Waals surface area contributed by atoms with E-state index in [9.17, 15) is 4.79 Å². The maximum atomic E-state index is 14.1. The maximum absolute atomic E-state index is 14.1. The Hall–Kier alpha value is -4.11. The third kappa shape index (κ3) is 3.80. The van der Waals surface area contributed by atoms with Gasteiger partial charge in [-0.25, -0.2) is 0 Å². The molecular weight excluding hydrogens is 418 g/mol. The molecule has 1 heterocycles. The van der Waals surface area contributed by atoms with E-state index >= 15 is 0 Å². The maximum Gasteiger partial charge on any atom is 0.241 e. The van der Waals surface area contributed by atoms with Crippen LogP contribution in [0.15, 0.2) is 121 Å². The monoisotopic (exact) mass is 445 g/mol. The molecule has 1 amide bonds. The number of anilines is 1. The van der Waals surface area contributed by atoms with Crippen molar-refractivity contribution in [1.82, 2.24) is 0 Å². The van der Waals surface area contributed by atoms with Crippen LogP contribution in [-0.4, -0.2) is 13.0 Å². The van der Waals surface area contributed by atoms with Gasteiger partial charge in [-0.05, 0) is 47.4 Å². The molecule has 5 rings (SSSR count). The minimum Gasteiger partial charge on any atom is -0.497 e. The summed E-state index contributed by atoms with van der Waals surface area (Å²) in [7, 11) is 1.66. The summed E-state index contributed by atoms with van der Waals surface area (Å²) in [6.45, 7) is 0. The molecule has 168 valence electrons. The zero-order valence-electron chi connectivity index (χ0n) is 19.2. The lowest BCUT2D eigenvalue weighted by Crippen LogP contribution is -2.66. The van der Waals surface area contributed by atoms with E-state index in [1.54, 1.807) is 7.11 Å². The van der Waals surface area contributed by atoms with E-state index in [0.717, 1.165) is 28.1 Å². The summed E-state index contributed by atoms with van der Waals surface area (Å²) in [6, 6.07) is 38.3. The predicted octanol–water partition coefficient (Wildman–Crippen LogP) is 6.82. The first kappa shape index (κ1) is 21.7. The van der Waals surface area contributed by atoms with Crippen LogP contribution in [0.5, 0.6) is 5.75 Å². The fraction of sp³-hybridized carbons (Fsp3) is 0.129. The molecule has 1 fully saturated rings. The standard InChI is InChI=1S/C31H27NO2/c1-34-28-21-19-26(20-22-28)31(23-11-14-24-12-5-2-6-13-24)29(25-15-7-3-8-16-25)32(30(31)33)27-17-9-4-10-18-27/h2-22,29H,23H2,1H3/b14-11+/t29-,31+/m1/s1. The number of amides is 1.